The number of nitrogens with one attached hydrogen (secondary N) is 1. The Bertz CT molecular complexity index is 3230. The van der Waals surface area contributed by atoms with Crippen LogP contribution in [0.5, 0.6) is 0 Å². The summed E-state index contributed by atoms with van der Waals surface area (Å²) in [6.45, 7) is 13.2. The molecule has 5 N–H and O–H groups in total. The van der Waals surface area contributed by atoms with E-state index in [-0.39, 0.29) is 54.3 Å². The quantitative estimate of drug-likeness (QED) is 0.120. The largest absolute Gasteiger partial charge is 0.464 e. The minimum Gasteiger partial charge on any atom is -0.464 e. The number of nitrogens with two attached hydrogens (primary N) is 2. The van der Waals surface area contributed by atoms with Gasteiger partial charge in [0, 0.05) is 155 Å². The molecule has 6 saturated heterocycles. The van der Waals surface area contributed by atoms with Crippen molar-refractivity contribution in [3.63, 3.8) is 0 Å². The van der Waals surface area contributed by atoms with Gasteiger partial charge in [0.25, 0.3) is 0 Å². The molecule has 0 spiro atoms. The van der Waals surface area contributed by atoms with Crippen LogP contribution in [-0.4, -0.2) is 209 Å². The predicted octanol–water partition coefficient (Wildman–Crippen LogP) is 8.29. The maximum atomic E-state index is 13.5. The van der Waals surface area contributed by atoms with E-state index in [1.165, 1.54) is 33.4 Å². The highest BCUT2D eigenvalue weighted by atomic mass is 79.9. The van der Waals surface area contributed by atoms with Crippen molar-refractivity contribution < 1.29 is 43.0 Å². The zero-order chi connectivity index (χ0) is 65.9. The van der Waals surface area contributed by atoms with Gasteiger partial charge in [-0.25, -0.2) is 19.2 Å². The summed E-state index contributed by atoms with van der Waals surface area (Å²) in [5.41, 5.74) is 20.6. The molecule has 0 saturated carbocycles. The molecule has 0 bridgehead atoms. The monoisotopic (exact) mass is 1440 g/mol. The third kappa shape index (κ3) is 17.6. The third-order valence-corrected chi connectivity index (χ3v) is 21.2. The Labute approximate surface area is 572 Å². The molecule has 6 amide bonds. The van der Waals surface area contributed by atoms with Crippen LogP contribution >= 0.6 is 55.1 Å². The first kappa shape index (κ1) is 70.0. The molecule has 2 aromatic carbocycles. The van der Waals surface area contributed by atoms with Gasteiger partial charge >= 0.3 is 24.0 Å². The predicted molar refractivity (Wildman–Crippen MR) is 361 cm³/mol. The standard InChI is InChI=1S/C34H44BrClN6O4.C19H18BrClN2O.C15H26N4O4/c1-2-46-33(44)29-21-41(15-16-42(29)30(43)17-22-7-11-40(12-8-22)34(37)45)27-9-13-39(14-10-27)32-28-6-5-26(36)19-23(28)3-4-24-18-25(35)20-38-31(24)32;20-14-9-13-2-1-12-10-15(21)3-4-17(12)19(18(13)22-11-14)23-7-5-16(24)6-8-23;1-2-23-14(21)12-10-17-5-8-19(12)13(20)9-11-3-6-18(7-4-11)15(16)22/h5-6,18-20,22,27,29,32H,2-4,7-17,21H2,1H3,(H2,37,45);3-4,9-11,19H,1-2,5-8H2;11-12,17H,2-10H2,1H3,(H2,16,22)/t29-,32?;;12-/m1.1/s1. The van der Waals surface area contributed by atoms with E-state index in [0.29, 0.717) is 103 Å². The van der Waals surface area contributed by atoms with Gasteiger partial charge in [0.1, 0.15) is 17.9 Å². The Morgan fingerprint density at radius 1 is 0.548 bits per heavy atom. The summed E-state index contributed by atoms with van der Waals surface area (Å²) < 4.78 is 12.5. The summed E-state index contributed by atoms with van der Waals surface area (Å²) >= 11 is 19.8. The number of urea groups is 2. The van der Waals surface area contributed by atoms with E-state index in [1.807, 2.05) is 24.5 Å². The summed E-state index contributed by atoms with van der Waals surface area (Å²) in [5, 5.41) is 4.67. The molecule has 25 heteroatoms. The number of likely N-dealkylation sites (tertiary alicyclic amines) is 4. The van der Waals surface area contributed by atoms with Crippen LogP contribution in [0.15, 0.2) is 69.9 Å². The molecule has 6 aliphatic heterocycles. The summed E-state index contributed by atoms with van der Waals surface area (Å²) in [5.74, 6) is 0.0768. The van der Waals surface area contributed by atoms with E-state index >= 15 is 0 Å². The molecule has 2 unspecified atom stereocenters. The highest BCUT2D eigenvalue weighted by Gasteiger charge is 2.42. The van der Waals surface area contributed by atoms with Crippen LogP contribution in [0.1, 0.15) is 135 Å². The third-order valence-electron chi connectivity index (χ3n) is 19.9. The number of fused-ring (bicyclic) bond motifs is 4. The number of ether oxygens (including phenoxy) is 2. The second-order valence-electron chi connectivity index (χ2n) is 25.6. The fraction of sp³-hybridized carbons (Fsp3) is 0.574. The number of hydrogen-bond acceptors (Lipinski definition) is 15. The number of esters is 2. The van der Waals surface area contributed by atoms with Crippen molar-refractivity contribution in [2.75, 3.05) is 105 Å². The molecule has 6 fully saturated rings. The molecule has 93 heavy (non-hydrogen) atoms. The summed E-state index contributed by atoms with van der Waals surface area (Å²) in [6, 6.07) is 15.4. The van der Waals surface area contributed by atoms with E-state index in [4.69, 9.17) is 54.1 Å². The van der Waals surface area contributed by atoms with Crippen molar-refractivity contribution in [1.29, 1.82) is 0 Å². The van der Waals surface area contributed by atoms with Crippen molar-refractivity contribution in [2.45, 2.75) is 134 Å². The van der Waals surface area contributed by atoms with Crippen LogP contribution < -0.4 is 16.8 Å². The highest BCUT2D eigenvalue weighted by Crippen LogP contribution is 2.41. The van der Waals surface area contributed by atoms with Gasteiger partial charge in [0.05, 0.1) is 36.7 Å². The van der Waals surface area contributed by atoms with E-state index in [0.717, 1.165) is 127 Å². The van der Waals surface area contributed by atoms with Crippen molar-refractivity contribution in [2.24, 2.45) is 23.3 Å². The van der Waals surface area contributed by atoms with Crippen molar-refractivity contribution >= 4 is 96.7 Å². The van der Waals surface area contributed by atoms with E-state index in [2.05, 4.69) is 88.3 Å². The van der Waals surface area contributed by atoms with Gasteiger partial charge in [0.2, 0.25) is 11.8 Å². The first-order valence-electron chi connectivity index (χ1n) is 33.2. The first-order chi connectivity index (χ1) is 44.8. The minimum atomic E-state index is -0.613. The number of aryl methyl sites for hydroxylation is 4. The number of pyridine rings is 2. The molecule has 8 aliphatic rings. The van der Waals surface area contributed by atoms with Gasteiger partial charge in [-0.15, -0.1) is 0 Å². The molecule has 2 aromatic heterocycles. The van der Waals surface area contributed by atoms with Crippen molar-refractivity contribution in [3.05, 3.63) is 125 Å². The van der Waals surface area contributed by atoms with Gasteiger partial charge in [-0.2, -0.15) is 0 Å². The molecular weight excluding hydrogens is 1360 g/mol. The number of rotatable bonds is 11. The number of hydrogen-bond donors (Lipinski definition) is 3. The number of Topliss-reactive ketones (excluding diaryl/α,β-unsaturated/α-hetero) is 1. The average molecular weight is 1450 g/mol. The lowest BCUT2D eigenvalue weighted by Gasteiger charge is -2.46. The van der Waals surface area contributed by atoms with Crippen LogP contribution in [-0.2, 0) is 59.1 Å². The molecule has 12 rings (SSSR count). The molecule has 0 radical (unpaired) electrons. The van der Waals surface area contributed by atoms with Gasteiger partial charge in [0.15, 0.2) is 0 Å². The van der Waals surface area contributed by atoms with Gasteiger partial charge in [-0.3, -0.25) is 39.1 Å². The zero-order valence-electron chi connectivity index (χ0n) is 53.4. The molecule has 502 valence electrons. The molecule has 4 atom stereocenters. The topological polar surface area (TPSA) is 250 Å². The smallest absolute Gasteiger partial charge is 0.330 e. The number of piperazine rings is 2. The number of ketones is 1. The van der Waals surface area contributed by atoms with Crippen LogP contribution in [0.25, 0.3) is 0 Å². The normalized spacial score (nSPS) is 22.6. The van der Waals surface area contributed by atoms with E-state index in [9.17, 15) is 33.6 Å². The average Bonchev–Trinajstić information content (AvgIpc) is 1.84. The molecular formula is C68H88Br2Cl2N12O9. The van der Waals surface area contributed by atoms with Crippen LogP contribution in [0.4, 0.5) is 9.59 Å². The van der Waals surface area contributed by atoms with Gasteiger partial charge in [-0.05, 0) is 192 Å². The van der Waals surface area contributed by atoms with Crippen LogP contribution in [0, 0.1) is 11.8 Å². The Morgan fingerprint density at radius 3 is 1.47 bits per heavy atom. The lowest BCUT2D eigenvalue weighted by Crippen LogP contribution is -2.61. The number of carbonyl (C=O) groups excluding carboxylic acids is 7. The number of carbonyl (C=O) groups is 7. The molecule has 4 aromatic rings. The maximum absolute atomic E-state index is 13.5. The number of nitrogens with zero attached hydrogens (tertiary/aromatic N) is 9. The van der Waals surface area contributed by atoms with Crippen molar-refractivity contribution in [1.82, 2.24) is 49.6 Å². The zero-order valence-corrected chi connectivity index (χ0v) is 58.1. The Kier molecular flexibility index (Phi) is 24.7. The molecule has 2 aliphatic carbocycles. The lowest BCUT2D eigenvalue weighted by molar-refractivity contribution is -0.159. The Hall–Kier alpha value is -5.79. The highest BCUT2D eigenvalue weighted by molar-refractivity contribution is 9.10. The lowest BCUT2D eigenvalue weighted by atomic mass is 9.92. The second-order valence-corrected chi connectivity index (χ2v) is 28.3. The number of benzene rings is 2. The second kappa shape index (κ2) is 32.8. The summed E-state index contributed by atoms with van der Waals surface area (Å²) in [6.07, 6.45) is 14.5. The molecule has 21 nitrogen and oxygen atoms in total. The fourth-order valence-electron chi connectivity index (χ4n) is 14.9. The first-order valence-corrected chi connectivity index (χ1v) is 35.5. The Morgan fingerprint density at radius 2 is 1.00 bits per heavy atom. The maximum Gasteiger partial charge on any atom is 0.330 e. The van der Waals surface area contributed by atoms with Gasteiger partial charge < -0.3 is 45.9 Å². The van der Waals surface area contributed by atoms with Gasteiger partial charge in [-0.1, -0.05) is 35.3 Å². The number of primary amides is 2. The van der Waals surface area contributed by atoms with Crippen LogP contribution in [0.2, 0.25) is 10.0 Å². The number of piperidine rings is 4. The summed E-state index contributed by atoms with van der Waals surface area (Å²) in [7, 11) is 0. The number of amides is 6. The van der Waals surface area contributed by atoms with E-state index < -0.39 is 24.1 Å². The SMILES string of the molecule is CCOC(=O)[C@H]1CN(C2CCN(C3c4ccc(Cl)cc4CCc4cc(Br)cnc43)CC2)CCN1C(=O)CC1CCN(C(N)=O)CC1.CCOC(=O)[C@H]1CNCCN1C(=O)CC1CCN(C(N)=O)CC1.O=C1CCN(C2c3ccc(Cl)cc3CCc3cc(Br)cnc32)CC1. The Balaban J connectivity index is 0.000000169. The number of aromatic nitrogens is 2. The summed E-state index contributed by atoms with van der Waals surface area (Å²) in [4.78, 5) is 109. The van der Waals surface area contributed by atoms with Crippen molar-refractivity contribution in [3.8, 4) is 0 Å². The fourth-order valence-corrected chi connectivity index (χ4v) is 16.0. The molecule has 8 heterocycles. The minimum absolute atomic E-state index is 0.00465. The number of halogens is 4. The van der Waals surface area contributed by atoms with E-state index in [1.54, 1.807) is 33.4 Å². The van der Waals surface area contributed by atoms with Crippen LogP contribution in [0.3, 0.4) is 0 Å².